The van der Waals surface area contributed by atoms with Crippen molar-refractivity contribution in [1.82, 2.24) is 0 Å². The minimum atomic E-state index is -0.378. The molecule has 1 aliphatic rings. The number of hydrogen-bond donors (Lipinski definition) is 2. The van der Waals surface area contributed by atoms with Crippen LogP contribution in [0.5, 0.6) is 0 Å². The molecular formula is C28H32N2O5S2. The number of esters is 1. The van der Waals surface area contributed by atoms with Crippen LogP contribution < -0.4 is 10.6 Å². The third kappa shape index (κ3) is 6.64. The average Bonchev–Trinajstić information content (AvgIpc) is 3.50. The number of ether oxygens (including phenoxy) is 1. The molecule has 7 nitrogen and oxygen atoms in total. The third-order valence-electron chi connectivity index (χ3n) is 6.43. The van der Waals surface area contributed by atoms with Gasteiger partial charge in [-0.05, 0) is 73.4 Å². The van der Waals surface area contributed by atoms with Crippen molar-refractivity contribution in [2.24, 2.45) is 11.3 Å². The summed E-state index contributed by atoms with van der Waals surface area (Å²) in [6.45, 7) is 8.82. The second-order valence-electron chi connectivity index (χ2n) is 10.0. The highest BCUT2D eigenvalue weighted by molar-refractivity contribution is 8.00. The predicted molar refractivity (Wildman–Crippen MR) is 148 cm³/mol. The molecule has 0 saturated heterocycles. The largest absolute Gasteiger partial charge is 0.462 e. The summed E-state index contributed by atoms with van der Waals surface area (Å²) in [5.74, 6) is -0.0171. The van der Waals surface area contributed by atoms with Gasteiger partial charge in [0.25, 0.3) is 5.91 Å². The van der Waals surface area contributed by atoms with Crippen molar-refractivity contribution in [2.45, 2.75) is 51.9 Å². The minimum Gasteiger partial charge on any atom is -0.462 e. The lowest BCUT2D eigenvalue weighted by molar-refractivity contribution is -0.113. The van der Waals surface area contributed by atoms with E-state index in [1.165, 1.54) is 29.4 Å². The summed E-state index contributed by atoms with van der Waals surface area (Å²) >= 11 is 2.85. The lowest BCUT2D eigenvalue weighted by Gasteiger charge is -2.33. The minimum absolute atomic E-state index is 0.158. The second kappa shape index (κ2) is 11.6. The molecule has 1 aliphatic carbocycles. The number of thiophene rings is 1. The molecule has 9 heteroatoms. The lowest BCUT2D eigenvalue weighted by Crippen LogP contribution is -2.26. The van der Waals surface area contributed by atoms with E-state index in [4.69, 9.17) is 9.15 Å². The molecule has 2 heterocycles. The first-order chi connectivity index (χ1) is 17.7. The molecule has 4 rings (SSSR count). The Labute approximate surface area is 225 Å². The number of hydrogen-bond acceptors (Lipinski definition) is 7. The number of amides is 2. The Balaban J connectivity index is 1.43. The quantitative estimate of drug-likeness (QED) is 0.245. The Morgan fingerprint density at radius 1 is 1.16 bits per heavy atom. The summed E-state index contributed by atoms with van der Waals surface area (Å²) in [5.41, 5.74) is 2.32. The van der Waals surface area contributed by atoms with Gasteiger partial charge in [-0.15, -0.1) is 23.1 Å². The van der Waals surface area contributed by atoms with Crippen molar-refractivity contribution < 1.29 is 23.5 Å². The maximum Gasteiger partial charge on any atom is 0.341 e. The first kappa shape index (κ1) is 27.0. The highest BCUT2D eigenvalue weighted by Gasteiger charge is 2.34. The summed E-state index contributed by atoms with van der Waals surface area (Å²) < 4.78 is 10.5. The summed E-state index contributed by atoms with van der Waals surface area (Å²) in [7, 11) is 0. The van der Waals surface area contributed by atoms with Crippen molar-refractivity contribution in [3.8, 4) is 0 Å². The number of rotatable bonds is 8. The van der Waals surface area contributed by atoms with Gasteiger partial charge in [-0.3, -0.25) is 9.59 Å². The van der Waals surface area contributed by atoms with Crippen molar-refractivity contribution in [2.75, 3.05) is 23.0 Å². The molecule has 1 atom stereocenters. The SMILES string of the molecule is CCOC(=O)c1c(NC(=O)CSc2cccc(NC(=O)c3ccco3)c2)sc2c1CCC(C(C)(C)C)C2. The zero-order valence-electron chi connectivity index (χ0n) is 21.5. The fourth-order valence-electron chi connectivity index (χ4n) is 4.41. The molecule has 1 unspecified atom stereocenters. The van der Waals surface area contributed by atoms with Crippen LogP contribution in [0.25, 0.3) is 0 Å². The van der Waals surface area contributed by atoms with E-state index in [0.29, 0.717) is 22.2 Å². The molecule has 3 aromatic rings. The Hall–Kier alpha value is -3.04. The van der Waals surface area contributed by atoms with Crippen LogP contribution >= 0.6 is 23.1 Å². The number of benzene rings is 1. The van der Waals surface area contributed by atoms with Gasteiger partial charge in [0.1, 0.15) is 5.00 Å². The number of carbonyl (C=O) groups excluding carboxylic acids is 3. The molecule has 0 radical (unpaired) electrons. The van der Waals surface area contributed by atoms with E-state index >= 15 is 0 Å². The molecule has 196 valence electrons. The molecule has 0 spiro atoms. The molecule has 2 N–H and O–H groups in total. The maximum atomic E-state index is 12.9. The zero-order chi connectivity index (χ0) is 26.6. The number of nitrogens with one attached hydrogen (secondary N) is 2. The van der Waals surface area contributed by atoms with E-state index < -0.39 is 0 Å². The van der Waals surface area contributed by atoms with Gasteiger partial charge in [-0.25, -0.2) is 4.79 Å². The highest BCUT2D eigenvalue weighted by Crippen LogP contribution is 2.44. The molecule has 0 aliphatic heterocycles. The molecule has 2 aromatic heterocycles. The summed E-state index contributed by atoms with van der Waals surface area (Å²) in [6, 6.07) is 10.5. The number of furan rings is 1. The molecular weight excluding hydrogens is 508 g/mol. The smallest absolute Gasteiger partial charge is 0.341 e. The zero-order valence-corrected chi connectivity index (χ0v) is 23.1. The van der Waals surface area contributed by atoms with Gasteiger partial charge in [0, 0.05) is 15.5 Å². The maximum absolute atomic E-state index is 12.9. The monoisotopic (exact) mass is 540 g/mol. The van der Waals surface area contributed by atoms with Crippen LogP contribution in [0.3, 0.4) is 0 Å². The molecule has 37 heavy (non-hydrogen) atoms. The Morgan fingerprint density at radius 2 is 1.97 bits per heavy atom. The lowest BCUT2D eigenvalue weighted by atomic mass is 9.72. The van der Waals surface area contributed by atoms with Crippen LogP contribution in [0.15, 0.2) is 52.0 Å². The van der Waals surface area contributed by atoms with Crippen LogP contribution in [-0.4, -0.2) is 30.1 Å². The van der Waals surface area contributed by atoms with E-state index in [2.05, 4.69) is 31.4 Å². The van der Waals surface area contributed by atoms with E-state index in [9.17, 15) is 14.4 Å². The van der Waals surface area contributed by atoms with Gasteiger partial charge < -0.3 is 19.8 Å². The summed E-state index contributed by atoms with van der Waals surface area (Å²) in [5, 5.41) is 6.33. The number of carbonyl (C=O) groups is 3. The molecule has 0 saturated carbocycles. The van der Waals surface area contributed by atoms with Gasteiger partial charge in [-0.1, -0.05) is 26.8 Å². The third-order valence-corrected chi connectivity index (χ3v) is 8.59. The highest BCUT2D eigenvalue weighted by atomic mass is 32.2. The number of thioether (sulfide) groups is 1. The van der Waals surface area contributed by atoms with Gasteiger partial charge >= 0.3 is 5.97 Å². The van der Waals surface area contributed by atoms with Crippen LogP contribution in [0.2, 0.25) is 0 Å². The van der Waals surface area contributed by atoms with E-state index in [1.807, 2.05) is 12.1 Å². The van der Waals surface area contributed by atoms with Gasteiger partial charge in [0.2, 0.25) is 5.91 Å². The second-order valence-corrected chi connectivity index (χ2v) is 12.2. The van der Waals surface area contributed by atoms with E-state index in [1.54, 1.807) is 31.2 Å². The number of anilines is 2. The Bertz CT molecular complexity index is 1270. The Morgan fingerprint density at radius 3 is 2.68 bits per heavy atom. The normalized spacial score (nSPS) is 15.1. The predicted octanol–water partition coefficient (Wildman–Crippen LogP) is 6.65. The van der Waals surface area contributed by atoms with Gasteiger partial charge in [0.05, 0.1) is 24.2 Å². The van der Waals surface area contributed by atoms with E-state index in [0.717, 1.165) is 34.6 Å². The Kier molecular flexibility index (Phi) is 8.44. The standard InChI is InChI=1S/C28H32N2O5S2/c1-5-34-27(33)24-20-12-11-17(28(2,3)4)14-22(20)37-26(24)30-23(31)16-36-19-9-6-8-18(15-19)29-25(32)21-10-7-13-35-21/h6-10,13,15,17H,5,11-12,14,16H2,1-4H3,(H,29,32)(H,30,31). The fourth-order valence-corrected chi connectivity index (χ4v) is 6.49. The van der Waals surface area contributed by atoms with Crippen molar-refractivity contribution >= 4 is 51.6 Å². The van der Waals surface area contributed by atoms with Crippen molar-refractivity contribution in [3.63, 3.8) is 0 Å². The first-order valence-corrected chi connectivity index (χ1v) is 14.1. The van der Waals surface area contributed by atoms with Gasteiger partial charge in [-0.2, -0.15) is 0 Å². The van der Waals surface area contributed by atoms with Crippen LogP contribution in [0, 0.1) is 11.3 Å². The van der Waals surface area contributed by atoms with E-state index in [-0.39, 0.29) is 41.3 Å². The van der Waals surface area contributed by atoms with Crippen molar-refractivity contribution in [3.05, 3.63) is 64.4 Å². The van der Waals surface area contributed by atoms with Crippen LogP contribution in [-0.2, 0) is 22.4 Å². The fraction of sp³-hybridized carbons (Fsp3) is 0.393. The molecule has 0 bridgehead atoms. The summed E-state index contributed by atoms with van der Waals surface area (Å²) in [6.07, 6.45) is 4.16. The molecule has 2 amide bonds. The molecule has 0 fully saturated rings. The van der Waals surface area contributed by atoms with Crippen molar-refractivity contribution in [1.29, 1.82) is 0 Å². The van der Waals surface area contributed by atoms with Crippen LogP contribution in [0.4, 0.5) is 10.7 Å². The number of fused-ring (bicyclic) bond motifs is 1. The first-order valence-electron chi connectivity index (χ1n) is 12.3. The van der Waals surface area contributed by atoms with Crippen LogP contribution in [0.1, 0.15) is 65.5 Å². The van der Waals surface area contributed by atoms with Gasteiger partial charge in [0.15, 0.2) is 5.76 Å². The molecule has 1 aromatic carbocycles. The topological polar surface area (TPSA) is 97.6 Å². The summed E-state index contributed by atoms with van der Waals surface area (Å²) in [4.78, 5) is 40.0. The average molecular weight is 541 g/mol.